The molecule has 2 aromatic rings. The summed E-state index contributed by atoms with van der Waals surface area (Å²) in [6.07, 6.45) is 4.79. The number of hydrogen-bond acceptors (Lipinski definition) is 4. The summed E-state index contributed by atoms with van der Waals surface area (Å²) in [4.78, 5) is 38.3. The molecule has 0 bridgehead atoms. The van der Waals surface area contributed by atoms with Crippen molar-refractivity contribution in [1.82, 2.24) is 10.2 Å². The van der Waals surface area contributed by atoms with Crippen molar-refractivity contribution in [3.05, 3.63) is 75.6 Å². The van der Waals surface area contributed by atoms with Crippen molar-refractivity contribution in [3.8, 4) is 0 Å². The summed E-state index contributed by atoms with van der Waals surface area (Å²) in [6, 6.07) is 11.3. The molecule has 8 heteroatoms. The van der Waals surface area contributed by atoms with Gasteiger partial charge in [-0.2, -0.15) is 0 Å². The highest BCUT2D eigenvalue weighted by atomic mass is 19.1. The van der Waals surface area contributed by atoms with Gasteiger partial charge in [0.2, 0.25) is 11.8 Å². The minimum Gasteiger partial charge on any atom is -0.352 e. The van der Waals surface area contributed by atoms with Gasteiger partial charge in [-0.3, -0.25) is 19.7 Å². The quantitative estimate of drug-likeness (QED) is 0.492. The molecular formula is C24H28FN3O4. The molecule has 0 unspecified atom stereocenters. The lowest BCUT2D eigenvalue weighted by molar-refractivity contribution is -0.385. The number of nitro groups is 1. The largest absolute Gasteiger partial charge is 0.352 e. The zero-order valence-electron chi connectivity index (χ0n) is 18.1. The molecule has 7 nitrogen and oxygen atoms in total. The van der Waals surface area contributed by atoms with Crippen LogP contribution in [0.2, 0.25) is 0 Å². The van der Waals surface area contributed by atoms with Crippen molar-refractivity contribution in [2.24, 2.45) is 0 Å². The fraction of sp³-hybridized carbons (Fsp3) is 0.417. The Labute approximate surface area is 186 Å². The number of halogens is 1. The zero-order chi connectivity index (χ0) is 23.1. The van der Waals surface area contributed by atoms with E-state index in [2.05, 4.69) is 5.32 Å². The number of nitrogens with one attached hydrogen (secondary N) is 1. The van der Waals surface area contributed by atoms with E-state index in [-0.39, 0.29) is 41.7 Å². The fourth-order valence-electron chi connectivity index (χ4n) is 4.06. The Bertz CT molecular complexity index is 975. The Morgan fingerprint density at radius 2 is 1.72 bits per heavy atom. The number of rotatable bonds is 8. The standard InChI is InChI=1S/C24H28FN3O4/c1-17(24(30)26-20-11-3-2-4-12-20)27(16-19-10-5-7-13-21(19)25)23(29)15-18-9-6-8-14-22(18)28(31)32/h5-10,13-14,17,20H,2-4,11-12,15-16H2,1H3,(H,26,30)/t17-/m1/s1. The maximum absolute atomic E-state index is 14.3. The molecule has 3 rings (SSSR count). The van der Waals surface area contributed by atoms with Crippen LogP contribution in [0.15, 0.2) is 48.5 Å². The summed E-state index contributed by atoms with van der Waals surface area (Å²) in [7, 11) is 0. The van der Waals surface area contributed by atoms with E-state index in [1.54, 1.807) is 31.2 Å². The monoisotopic (exact) mass is 441 g/mol. The van der Waals surface area contributed by atoms with Crippen LogP contribution in [-0.2, 0) is 22.6 Å². The molecule has 170 valence electrons. The maximum atomic E-state index is 14.3. The molecule has 1 fully saturated rings. The van der Waals surface area contributed by atoms with Gasteiger partial charge in [-0.15, -0.1) is 0 Å². The molecule has 0 saturated heterocycles. The molecular weight excluding hydrogens is 413 g/mol. The minimum absolute atomic E-state index is 0.0688. The van der Waals surface area contributed by atoms with E-state index in [1.165, 1.54) is 29.2 Å². The van der Waals surface area contributed by atoms with E-state index in [9.17, 15) is 24.1 Å². The third kappa shape index (κ3) is 5.90. The first kappa shape index (κ1) is 23.4. The van der Waals surface area contributed by atoms with Gasteiger partial charge in [0.1, 0.15) is 11.9 Å². The van der Waals surface area contributed by atoms with Gasteiger partial charge in [-0.05, 0) is 25.8 Å². The summed E-state index contributed by atoms with van der Waals surface area (Å²) in [6.45, 7) is 1.50. The lowest BCUT2D eigenvalue weighted by Gasteiger charge is -2.31. The van der Waals surface area contributed by atoms with Crippen LogP contribution in [0.5, 0.6) is 0 Å². The van der Waals surface area contributed by atoms with Crippen LogP contribution in [0.25, 0.3) is 0 Å². The third-order valence-electron chi connectivity index (χ3n) is 5.95. The predicted molar refractivity (Wildman–Crippen MR) is 118 cm³/mol. The van der Waals surface area contributed by atoms with Crippen molar-refractivity contribution in [1.29, 1.82) is 0 Å². The Morgan fingerprint density at radius 1 is 1.09 bits per heavy atom. The Kier molecular flexibility index (Phi) is 7.92. The van der Waals surface area contributed by atoms with Gasteiger partial charge in [0.25, 0.3) is 5.69 Å². The first-order valence-electron chi connectivity index (χ1n) is 10.9. The number of benzene rings is 2. The molecule has 0 aliphatic heterocycles. The lowest BCUT2D eigenvalue weighted by atomic mass is 9.95. The van der Waals surface area contributed by atoms with Crippen molar-refractivity contribution < 1.29 is 18.9 Å². The van der Waals surface area contributed by atoms with E-state index >= 15 is 0 Å². The molecule has 2 amide bonds. The van der Waals surface area contributed by atoms with Crippen molar-refractivity contribution in [3.63, 3.8) is 0 Å². The summed E-state index contributed by atoms with van der Waals surface area (Å²) >= 11 is 0. The Morgan fingerprint density at radius 3 is 2.38 bits per heavy atom. The van der Waals surface area contributed by atoms with Crippen LogP contribution in [0, 0.1) is 15.9 Å². The van der Waals surface area contributed by atoms with Gasteiger partial charge in [-0.25, -0.2) is 4.39 Å². The molecule has 0 radical (unpaired) electrons. The van der Waals surface area contributed by atoms with E-state index < -0.39 is 22.7 Å². The second-order valence-electron chi connectivity index (χ2n) is 8.20. The highest BCUT2D eigenvalue weighted by Crippen LogP contribution is 2.22. The Balaban J connectivity index is 1.82. The van der Waals surface area contributed by atoms with Gasteiger partial charge < -0.3 is 10.2 Å². The van der Waals surface area contributed by atoms with Crippen LogP contribution >= 0.6 is 0 Å². The SMILES string of the molecule is C[C@H](C(=O)NC1CCCCC1)N(Cc1ccccc1F)C(=O)Cc1ccccc1[N+](=O)[O-]. The highest BCUT2D eigenvalue weighted by Gasteiger charge is 2.30. The highest BCUT2D eigenvalue weighted by molar-refractivity contribution is 5.88. The van der Waals surface area contributed by atoms with E-state index in [4.69, 9.17) is 0 Å². The zero-order valence-corrected chi connectivity index (χ0v) is 18.1. The summed E-state index contributed by atoms with van der Waals surface area (Å²) < 4.78 is 14.3. The van der Waals surface area contributed by atoms with Crippen molar-refractivity contribution in [2.75, 3.05) is 0 Å². The summed E-state index contributed by atoms with van der Waals surface area (Å²) in [5.74, 6) is -1.26. The number of nitrogens with zero attached hydrogens (tertiary/aromatic N) is 2. The van der Waals surface area contributed by atoms with Crippen LogP contribution in [0.3, 0.4) is 0 Å². The minimum atomic E-state index is -0.855. The first-order chi connectivity index (χ1) is 15.4. The van der Waals surface area contributed by atoms with Gasteiger partial charge >= 0.3 is 0 Å². The van der Waals surface area contributed by atoms with E-state index in [1.807, 2.05) is 0 Å². The number of carbonyl (C=O) groups excluding carboxylic acids is 2. The second-order valence-corrected chi connectivity index (χ2v) is 8.20. The molecule has 32 heavy (non-hydrogen) atoms. The van der Waals surface area contributed by atoms with Gasteiger partial charge in [0.05, 0.1) is 11.3 Å². The average Bonchev–Trinajstić information content (AvgIpc) is 2.79. The maximum Gasteiger partial charge on any atom is 0.273 e. The third-order valence-corrected chi connectivity index (χ3v) is 5.95. The molecule has 1 atom stereocenters. The molecule has 1 aliphatic rings. The van der Waals surface area contributed by atoms with Crippen LogP contribution in [0.1, 0.15) is 50.2 Å². The fourth-order valence-corrected chi connectivity index (χ4v) is 4.06. The van der Waals surface area contributed by atoms with E-state index in [0.29, 0.717) is 0 Å². The number of hydrogen-bond donors (Lipinski definition) is 1. The summed E-state index contributed by atoms with van der Waals surface area (Å²) in [5.41, 5.74) is 0.368. The van der Waals surface area contributed by atoms with Crippen LogP contribution < -0.4 is 5.32 Å². The molecule has 2 aromatic carbocycles. The van der Waals surface area contributed by atoms with Crippen molar-refractivity contribution in [2.45, 2.75) is 64.1 Å². The molecule has 1 aliphatic carbocycles. The Hall–Kier alpha value is -3.29. The number of amides is 2. The predicted octanol–water partition coefficient (Wildman–Crippen LogP) is 4.14. The molecule has 1 N–H and O–H groups in total. The normalized spacial score (nSPS) is 15.1. The van der Waals surface area contributed by atoms with Crippen molar-refractivity contribution >= 4 is 17.5 Å². The van der Waals surface area contributed by atoms with Gasteiger partial charge in [-0.1, -0.05) is 55.7 Å². The van der Waals surface area contributed by atoms with Crippen LogP contribution in [0.4, 0.5) is 10.1 Å². The summed E-state index contributed by atoms with van der Waals surface area (Å²) in [5, 5.41) is 14.4. The first-order valence-corrected chi connectivity index (χ1v) is 10.9. The van der Waals surface area contributed by atoms with Gasteiger partial charge in [0.15, 0.2) is 0 Å². The molecule has 0 spiro atoms. The average molecular weight is 442 g/mol. The molecule has 0 aromatic heterocycles. The van der Waals surface area contributed by atoms with E-state index in [0.717, 1.165) is 32.1 Å². The number of carbonyl (C=O) groups is 2. The molecule has 1 saturated carbocycles. The lowest BCUT2D eigenvalue weighted by Crippen LogP contribution is -2.50. The molecule has 0 heterocycles. The number of para-hydroxylation sites is 1. The van der Waals surface area contributed by atoms with Crippen LogP contribution in [-0.4, -0.2) is 33.7 Å². The topological polar surface area (TPSA) is 92.6 Å². The van der Waals surface area contributed by atoms with Gasteiger partial charge in [0, 0.05) is 29.8 Å². The number of nitro benzene ring substituents is 1. The smallest absolute Gasteiger partial charge is 0.273 e. The second kappa shape index (κ2) is 10.8.